The summed E-state index contributed by atoms with van der Waals surface area (Å²) < 4.78 is 57.4. The van der Waals surface area contributed by atoms with E-state index in [4.69, 9.17) is 0 Å². The zero-order valence-electron chi connectivity index (χ0n) is 23.5. The fourth-order valence-electron chi connectivity index (χ4n) is 4.10. The van der Waals surface area contributed by atoms with Gasteiger partial charge in [0.25, 0.3) is 0 Å². The van der Waals surface area contributed by atoms with E-state index in [-0.39, 0.29) is 36.7 Å². The summed E-state index contributed by atoms with van der Waals surface area (Å²) in [5, 5.41) is 18.9. The summed E-state index contributed by atoms with van der Waals surface area (Å²) >= 11 is 0. The zero-order chi connectivity index (χ0) is 29.7. The molecule has 0 aliphatic heterocycles. The summed E-state index contributed by atoms with van der Waals surface area (Å²) in [6.07, 6.45) is -0.541. The molecule has 0 saturated carbocycles. The van der Waals surface area contributed by atoms with Crippen LogP contribution in [0.2, 0.25) is 0 Å². The summed E-state index contributed by atoms with van der Waals surface area (Å²) in [4.78, 5) is 25.1. The van der Waals surface area contributed by atoms with Gasteiger partial charge in [0.1, 0.15) is 17.7 Å². The molecule has 13 heteroatoms. The Morgan fingerprint density at radius 3 is 2.27 bits per heavy atom. The number of amides is 2. The molecule has 0 radical (unpaired) electrons. The SMILES string of the molecule is CCCCS(=O)(=O)C[C@@H](NC(=O)OC)C(=O)N[C@@H](Cc1cc(F)cc(F)c1)[C@H](O)CNCc1cccc(CC)c1.Cl. The molecule has 0 aliphatic rings. The van der Waals surface area contributed by atoms with Gasteiger partial charge in [0.2, 0.25) is 5.91 Å². The predicted molar refractivity (Wildman–Crippen MR) is 156 cm³/mol. The lowest BCUT2D eigenvalue weighted by molar-refractivity contribution is -0.124. The molecule has 2 rings (SSSR count). The number of rotatable bonds is 16. The highest BCUT2D eigenvalue weighted by molar-refractivity contribution is 7.91. The Labute approximate surface area is 246 Å². The monoisotopic (exact) mass is 619 g/mol. The third-order valence-electron chi connectivity index (χ3n) is 6.28. The van der Waals surface area contributed by atoms with Gasteiger partial charge in [-0.25, -0.2) is 22.0 Å². The number of hydrogen-bond donors (Lipinski definition) is 4. The molecule has 0 heterocycles. The van der Waals surface area contributed by atoms with Crippen LogP contribution in [0.15, 0.2) is 42.5 Å². The van der Waals surface area contributed by atoms with Gasteiger partial charge in [-0.3, -0.25) is 4.79 Å². The van der Waals surface area contributed by atoms with E-state index >= 15 is 0 Å². The largest absolute Gasteiger partial charge is 0.453 e. The number of unbranched alkanes of at least 4 members (excludes halogenated alkanes) is 1. The number of benzene rings is 2. The molecule has 2 aromatic rings. The van der Waals surface area contributed by atoms with Gasteiger partial charge in [0.05, 0.1) is 30.8 Å². The Hall–Kier alpha value is -2.80. The molecule has 0 bridgehead atoms. The van der Waals surface area contributed by atoms with E-state index < -0.39 is 57.4 Å². The quantitative estimate of drug-likeness (QED) is 0.227. The fourth-order valence-corrected chi connectivity index (χ4v) is 5.74. The number of halogens is 3. The number of ether oxygens (including phenoxy) is 1. The van der Waals surface area contributed by atoms with Gasteiger partial charge in [-0.15, -0.1) is 12.4 Å². The van der Waals surface area contributed by atoms with E-state index in [1.54, 1.807) is 0 Å². The molecule has 4 N–H and O–H groups in total. The molecule has 0 unspecified atom stereocenters. The average Bonchev–Trinajstić information content (AvgIpc) is 2.90. The number of hydrogen-bond acceptors (Lipinski definition) is 7. The third-order valence-corrected chi connectivity index (χ3v) is 8.03. The number of aryl methyl sites for hydroxylation is 1. The van der Waals surface area contributed by atoms with Crippen molar-refractivity contribution in [2.75, 3.05) is 25.2 Å². The number of methoxy groups -OCH3 is 1. The number of carbonyl (C=O) groups is 2. The number of sulfone groups is 1. The van der Waals surface area contributed by atoms with Gasteiger partial charge < -0.3 is 25.8 Å². The number of nitrogens with one attached hydrogen (secondary N) is 3. The summed E-state index contributed by atoms with van der Waals surface area (Å²) in [5.41, 5.74) is 2.31. The van der Waals surface area contributed by atoms with E-state index in [9.17, 15) is 31.9 Å². The van der Waals surface area contributed by atoms with Crippen LogP contribution >= 0.6 is 12.4 Å². The molecule has 41 heavy (non-hydrogen) atoms. The second-order valence-electron chi connectivity index (χ2n) is 9.63. The maximum absolute atomic E-state index is 13.9. The number of carbonyl (C=O) groups excluding carboxylic acids is 2. The van der Waals surface area contributed by atoms with E-state index in [0.29, 0.717) is 25.5 Å². The van der Waals surface area contributed by atoms with Crippen molar-refractivity contribution < 1.29 is 36.6 Å². The first-order valence-corrected chi connectivity index (χ1v) is 15.0. The predicted octanol–water partition coefficient (Wildman–Crippen LogP) is 3.07. The van der Waals surface area contributed by atoms with Crippen LogP contribution in [0.3, 0.4) is 0 Å². The lowest BCUT2D eigenvalue weighted by atomic mass is 10.00. The van der Waals surface area contributed by atoms with Crippen molar-refractivity contribution in [3.05, 3.63) is 70.8 Å². The van der Waals surface area contributed by atoms with Gasteiger partial charge in [-0.2, -0.15) is 0 Å². The highest BCUT2D eigenvalue weighted by atomic mass is 35.5. The smallest absolute Gasteiger partial charge is 0.407 e. The summed E-state index contributed by atoms with van der Waals surface area (Å²) in [6, 6.07) is 8.15. The van der Waals surface area contributed by atoms with Crippen LogP contribution in [0.1, 0.15) is 43.4 Å². The first-order chi connectivity index (χ1) is 19.0. The minimum atomic E-state index is -3.72. The molecule has 0 spiro atoms. The van der Waals surface area contributed by atoms with E-state index in [0.717, 1.165) is 36.8 Å². The molecule has 3 atom stereocenters. The Balaban J connectivity index is 0.00000840. The molecule has 2 amide bonds. The van der Waals surface area contributed by atoms with Gasteiger partial charge >= 0.3 is 6.09 Å². The second kappa shape index (κ2) is 17.9. The Morgan fingerprint density at radius 1 is 1.00 bits per heavy atom. The third kappa shape index (κ3) is 13.2. The zero-order valence-corrected chi connectivity index (χ0v) is 25.1. The molecule has 0 aromatic heterocycles. The first kappa shape index (κ1) is 36.2. The molecular formula is C28H40ClF2N3O6S. The lowest BCUT2D eigenvalue weighted by Crippen LogP contribution is -2.56. The average molecular weight is 620 g/mol. The topological polar surface area (TPSA) is 134 Å². The standard InChI is InChI=1S/C28H39F2N3O6S.ClH/c1-4-6-10-40(37,38)18-25(33-28(36)39-3)27(35)32-24(14-21-12-22(29)15-23(30)13-21)26(34)17-31-16-20-9-7-8-19(5-2)11-20;/h7-9,11-13,15,24-26,31,34H,4-6,10,14,16-18H2,1-3H3,(H,32,35)(H,33,36);1H/t24-,25+,26+;/m0./s1. The van der Waals surface area contributed by atoms with Crippen molar-refractivity contribution in [1.82, 2.24) is 16.0 Å². The summed E-state index contributed by atoms with van der Waals surface area (Å²) in [5.74, 6) is -3.39. The molecular weight excluding hydrogens is 580 g/mol. The van der Waals surface area contributed by atoms with Crippen LogP contribution in [0.25, 0.3) is 0 Å². The van der Waals surface area contributed by atoms with E-state index in [1.807, 2.05) is 38.1 Å². The second-order valence-corrected chi connectivity index (χ2v) is 11.9. The maximum Gasteiger partial charge on any atom is 0.407 e. The van der Waals surface area contributed by atoms with Gasteiger partial charge in [-0.05, 0) is 48.1 Å². The van der Waals surface area contributed by atoms with Crippen LogP contribution in [-0.4, -0.2) is 68.9 Å². The highest BCUT2D eigenvalue weighted by Gasteiger charge is 2.31. The number of aliphatic hydroxyl groups is 1. The van der Waals surface area contributed by atoms with Crippen molar-refractivity contribution in [2.24, 2.45) is 0 Å². The first-order valence-electron chi connectivity index (χ1n) is 13.2. The van der Waals surface area contributed by atoms with Crippen molar-refractivity contribution in [1.29, 1.82) is 0 Å². The minimum absolute atomic E-state index is 0. The molecule has 230 valence electrons. The maximum atomic E-state index is 13.9. The van der Waals surface area contributed by atoms with Crippen LogP contribution in [0.4, 0.5) is 13.6 Å². The molecule has 0 saturated heterocycles. The van der Waals surface area contributed by atoms with E-state index in [1.165, 1.54) is 0 Å². The number of aliphatic hydroxyl groups excluding tert-OH is 1. The van der Waals surface area contributed by atoms with Crippen LogP contribution in [0, 0.1) is 11.6 Å². The molecule has 0 aliphatic carbocycles. The highest BCUT2D eigenvalue weighted by Crippen LogP contribution is 2.13. The minimum Gasteiger partial charge on any atom is -0.453 e. The Morgan fingerprint density at radius 2 is 1.66 bits per heavy atom. The molecule has 0 fully saturated rings. The molecule has 2 aromatic carbocycles. The van der Waals surface area contributed by atoms with Crippen molar-refractivity contribution in [3.8, 4) is 0 Å². The van der Waals surface area contributed by atoms with Gasteiger partial charge in [0, 0.05) is 19.2 Å². The molecule has 9 nitrogen and oxygen atoms in total. The van der Waals surface area contributed by atoms with Crippen LogP contribution in [-0.2, 0) is 38.8 Å². The van der Waals surface area contributed by atoms with Gasteiger partial charge in [0.15, 0.2) is 9.84 Å². The van der Waals surface area contributed by atoms with Crippen molar-refractivity contribution >= 4 is 34.2 Å². The lowest BCUT2D eigenvalue weighted by Gasteiger charge is -2.27. The summed E-state index contributed by atoms with van der Waals surface area (Å²) in [7, 11) is -2.65. The van der Waals surface area contributed by atoms with Crippen LogP contribution < -0.4 is 16.0 Å². The van der Waals surface area contributed by atoms with Crippen LogP contribution in [0.5, 0.6) is 0 Å². The Kier molecular flexibility index (Phi) is 15.8. The Bertz CT molecular complexity index is 1210. The van der Waals surface area contributed by atoms with Gasteiger partial charge in [-0.1, -0.05) is 44.5 Å². The normalized spacial score (nSPS) is 13.4. The van der Waals surface area contributed by atoms with Crippen molar-refractivity contribution in [2.45, 2.75) is 64.3 Å². The fraction of sp³-hybridized carbons (Fsp3) is 0.500. The summed E-state index contributed by atoms with van der Waals surface area (Å²) in [6.45, 7) is 4.28. The van der Waals surface area contributed by atoms with E-state index in [2.05, 4.69) is 20.7 Å². The van der Waals surface area contributed by atoms with Crippen molar-refractivity contribution in [3.63, 3.8) is 0 Å². The number of alkyl carbamates (subject to hydrolysis) is 1.